The molecule has 0 spiro atoms. The van der Waals surface area contributed by atoms with Gasteiger partial charge in [0.1, 0.15) is 90.9 Å². The molecule has 0 aromatic heterocycles. The molecular formula is C117H100O25P6. The monoisotopic (exact) mass is 2090 g/mol. The van der Waals surface area contributed by atoms with Crippen molar-refractivity contribution in [2.24, 2.45) is 0 Å². The van der Waals surface area contributed by atoms with E-state index in [1.54, 1.807) is 84.9 Å². The van der Waals surface area contributed by atoms with Gasteiger partial charge in [-0.1, -0.05) is 300 Å². The van der Waals surface area contributed by atoms with E-state index in [0.717, 1.165) is 89.5 Å². The first kappa shape index (κ1) is 104. The molecule has 6 aliphatic rings. The topological polar surface area (TPSA) is 286 Å². The minimum absolute atomic E-state index is 0.196. The molecule has 25 nitrogen and oxygen atoms in total. The molecule has 31 heteroatoms. The van der Waals surface area contributed by atoms with Crippen molar-refractivity contribution >= 4 is 104 Å². The first-order valence-electron chi connectivity index (χ1n) is 47.6. The highest BCUT2D eigenvalue weighted by Crippen LogP contribution is 2.57. The normalized spacial score (nSPS) is 15.9. The average Bonchev–Trinajstić information content (AvgIpc) is 0.825. The Morgan fingerprint density at radius 3 is 1.15 bits per heavy atom. The summed E-state index contributed by atoms with van der Waals surface area (Å²) in [5, 5.41) is 1.99. The van der Waals surface area contributed by atoms with E-state index in [1.807, 2.05) is 309 Å². The number of aldehydes is 1. The number of benzene rings is 16. The molecule has 22 rings (SSSR count). The lowest BCUT2D eigenvalue weighted by Crippen LogP contribution is -2.16. The molecule has 16 aromatic carbocycles. The molecule has 0 bridgehead atoms. The van der Waals surface area contributed by atoms with Crippen molar-refractivity contribution in [1.29, 1.82) is 0 Å². The summed E-state index contributed by atoms with van der Waals surface area (Å²) in [6.07, 6.45) is 10.9. The second kappa shape index (κ2) is 50.0. The molecule has 6 atom stereocenters. The van der Waals surface area contributed by atoms with Crippen LogP contribution in [0.15, 0.2) is 358 Å². The average molecular weight is 2090 g/mol. The van der Waals surface area contributed by atoms with E-state index in [1.165, 1.54) is 50.5 Å². The van der Waals surface area contributed by atoms with Crippen LogP contribution >= 0.6 is 51.6 Å². The zero-order valence-electron chi connectivity index (χ0n) is 81.7. The summed E-state index contributed by atoms with van der Waals surface area (Å²) in [5.74, 6) is 3.87. The predicted molar refractivity (Wildman–Crippen MR) is 573 cm³/mol. The van der Waals surface area contributed by atoms with Crippen molar-refractivity contribution < 1.29 is 115 Å². The van der Waals surface area contributed by atoms with E-state index in [2.05, 4.69) is 19.1 Å². The highest BCUT2D eigenvalue weighted by Gasteiger charge is 2.41. The number of hydrogen-bond acceptors (Lipinski definition) is 25. The maximum absolute atomic E-state index is 12.5. The Morgan fingerprint density at radius 2 is 0.622 bits per heavy atom. The molecule has 6 heterocycles. The van der Waals surface area contributed by atoms with Crippen LogP contribution in [0.2, 0.25) is 0 Å². The summed E-state index contributed by atoms with van der Waals surface area (Å²) in [7, 11) is -11.0. The molecule has 6 aliphatic heterocycles. The lowest BCUT2D eigenvalue weighted by molar-refractivity contribution is 0.0684. The third-order valence-corrected chi connectivity index (χ3v) is 29.3. The van der Waals surface area contributed by atoms with E-state index in [9.17, 15) is 33.6 Å². The summed E-state index contributed by atoms with van der Waals surface area (Å²) in [6.45, 7) is 15.9. The Hall–Kier alpha value is -15.6. The van der Waals surface area contributed by atoms with Gasteiger partial charge >= 0.3 is 87.4 Å². The molecule has 6 unspecified atom stereocenters. The van der Waals surface area contributed by atoms with Crippen molar-refractivity contribution in [2.75, 3.05) is 0 Å². The van der Waals surface area contributed by atoms with Crippen LogP contribution in [0, 0.1) is 48.5 Å². The Bertz CT molecular complexity index is 7460. The zero-order valence-corrected chi connectivity index (χ0v) is 87.1. The predicted octanol–water partition coefficient (Wildman–Crippen LogP) is 32.7. The largest absolute Gasteiger partial charge is 0.532 e. The van der Waals surface area contributed by atoms with Crippen molar-refractivity contribution in [2.45, 2.75) is 107 Å². The zero-order chi connectivity index (χ0) is 103. The molecule has 16 aromatic rings. The summed E-state index contributed by atoms with van der Waals surface area (Å²) in [5.41, 5.74) is 16.4. The maximum atomic E-state index is 12.5. The van der Waals surface area contributed by atoms with Crippen LogP contribution in [-0.2, 0) is 33.6 Å². The van der Waals surface area contributed by atoms with Gasteiger partial charge in [0.25, 0.3) is 0 Å². The first-order chi connectivity index (χ1) is 72.1. The van der Waals surface area contributed by atoms with Crippen LogP contribution in [0.3, 0.4) is 0 Å². The van der Waals surface area contributed by atoms with Crippen molar-refractivity contribution in [1.82, 2.24) is 0 Å². The lowest BCUT2D eigenvalue weighted by Gasteiger charge is -2.24. The second-order valence-corrected chi connectivity index (χ2v) is 40.3. The minimum atomic E-state index is -2.01. The van der Waals surface area contributed by atoms with E-state index in [-0.39, 0.29) is 16.9 Å². The molecule has 0 amide bonds. The quantitative estimate of drug-likeness (QED) is 0.0308. The summed E-state index contributed by atoms with van der Waals surface area (Å²) >= 11 is 0. The van der Waals surface area contributed by atoms with Gasteiger partial charge in [-0.25, -0.2) is 28.8 Å². The van der Waals surface area contributed by atoms with Gasteiger partial charge in [0.2, 0.25) is 0 Å². The van der Waals surface area contributed by atoms with E-state index >= 15 is 0 Å². The molecular weight excluding hydrogens is 1990 g/mol. The molecule has 0 radical (unpaired) electrons. The maximum Gasteiger partial charge on any atom is 0.532 e. The van der Waals surface area contributed by atoms with Gasteiger partial charge in [-0.05, 0) is 236 Å². The number of para-hydroxylation sites is 7. The fraction of sp³-hybridized carbons (Fsp3) is 0.137. The van der Waals surface area contributed by atoms with E-state index < -0.39 is 87.4 Å². The highest BCUT2D eigenvalue weighted by molar-refractivity contribution is 7.45. The van der Waals surface area contributed by atoms with Gasteiger partial charge in [0.05, 0.1) is 5.56 Å². The van der Waals surface area contributed by atoms with Crippen LogP contribution in [0.25, 0.3) is 44.2 Å². The third-order valence-electron chi connectivity index (χ3n) is 23.3. The van der Waals surface area contributed by atoms with Gasteiger partial charge in [0, 0.05) is 16.7 Å². The van der Waals surface area contributed by atoms with E-state index in [0.29, 0.717) is 97.3 Å². The molecule has 0 saturated carbocycles. The summed E-state index contributed by atoms with van der Waals surface area (Å²) in [6, 6.07) is 111. The van der Waals surface area contributed by atoms with Gasteiger partial charge in [-0.3, -0.25) is 4.79 Å². The summed E-state index contributed by atoms with van der Waals surface area (Å²) < 4.78 is 101. The standard InChI is InChI=1S/C27H31O4P.C20H13O5P.2C19H13O4P.C17H17O4P.C15H13O4P/c1-3-4-5-6-7-8-9-12-21-15-16-25(20(2)17-21)29-32-30-26-19-23-14-11-10-13-22(23)18-24(26)27(28)31-32;21-13-15-9-6-11-17-19(15)24-26(25-20(17)22)23-18-12-5-4-10-16(18)14-7-2-1-3-8-14;20-19-17-13-7-12-16(14-8-3-1-4-9-14)18(17)22-24(23-19)21-15-10-5-2-6-11-15;20-19-16-11-5-7-13-18(16)22-24(23-19)21-17-12-6-4-10-15(17)14-8-2-1-3-9-14;1-10-5-6-12(3)15(9-10)19-22-20-16-13(4)7-11(2)8-14(16)17(18)21-22;1-10-8-11(2)14-13(9-10)15(16)19-20(18-14)17-12-6-4-3-5-7-12/h10-11,13-19H,3-9,12H2,1-2H3;1-13H;2*1-13H;5-9H,1-4H3;3-9H,1-2H3. The van der Waals surface area contributed by atoms with Crippen LogP contribution in [-0.4, -0.2) is 42.1 Å². The van der Waals surface area contributed by atoms with Crippen LogP contribution in [0.1, 0.15) is 169 Å². The fourth-order valence-electron chi connectivity index (χ4n) is 16.0. The van der Waals surface area contributed by atoms with Gasteiger partial charge in [0.15, 0.2) is 17.8 Å². The minimum Gasteiger partial charge on any atom is -0.408 e. The molecule has 0 N–H and O–H groups in total. The molecule has 748 valence electrons. The van der Waals surface area contributed by atoms with Gasteiger partial charge in [-0.2, -0.15) is 0 Å². The van der Waals surface area contributed by atoms with Crippen molar-refractivity contribution in [3.8, 4) is 102 Å². The Kier molecular flexibility index (Phi) is 35.1. The molecule has 0 aliphatic carbocycles. The van der Waals surface area contributed by atoms with Crippen LogP contribution in [0.5, 0.6) is 69.0 Å². The SMILES string of the molecule is CCCCCCCCCc1ccc(OP2OC(=O)c3cc4ccccc4cc3O2)c(C)c1.Cc1cc(C)c2c(c1)C(=O)OP(Oc1ccccc1)O2.Cc1ccc(C)c(OP2OC(=O)c3cc(C)cc(C)c3O2)c1.O=C1OP(Oc2ccccc2)Oc2c1cccc2-c1ccccc1.O=C1OP(Oc2ccccc2-c2ccccc2)Oc2ccccc21.O=Cc1cccc2c1OP(Oc1ccccc1-c1ccccc1)OC2=O. The first-order valence-corrected chi connectivity index (χ1v) is 54.1. The Labute approximate surface area is 864 Å². The number of carbonyl (C=O) groups excluding carboxylic acids is 7. The number of carbonyl (C=O) groups is 7. The molecule has 0 saturated heterocycles. The summed E-state index contributed by atoms with van der Waals surface area (Å²) in [4.78, 5) is 84.6. The van der Waals surface area contributed by atoms with Crippen molar-refractivity contribution in [3.63, 3.8) is 0 Å². The lowest BCUT2D eigenvalue weighted by atomic mass is 10.0. The van der Waals surface area contributed by atoms with Gasteiger partial charge in [-0.15, -0.1) is 0 Å². The molecule has 0 fully saturated rings. The highest BCUT2D eigenvalue weighted by atomic mass is 31.2. The number of hydrogen-bond donors (Lipinski definition) is 0. The Morgan fingerprint density at radius 1 is 0.236 bits per heavy atom. The number of aryl methyl sites for hydroxylation is 8. The number of rotatable bonds is 24. The second-order valence-electron chi connectivity index (χ2n) is 34.3. The number of unbranched alkanes of at least 4 members (excludes halogenated alkanes) is 6. The number of fused-ring (bicyclic) bond motifs is 7. The van der Waals surface area contributed by atoms with Crippen LogP contribution in [0.4, 0.5) is 0 Å². The van der Waals surface area contributed by atoms with E-state index in [4.69, 9.17) is 81.4 Å². The third kappa shape index (κ3) is 26.8. The fourth-order valence-corrected chi connectivity index (χ4v) is 22.1. The molecule has 148 heavy (non-hydrogen) atoms. The van der Waals surface area contributed by atoms with Gasteiger partial charge < -0.3 is 81.4 Å². The van der Waals surface area contributed by atoms with Crippen LogP contribution < -0.4 is 54.3 Å². The smallest absolute Gasteiger partial charge is 0.408 e. The Balaban J connectivity index is 0.000000122. The van der Waals surface area contributed by atoms with Crippen molar-refractivity contribution in [3.05, 3.63) is 441 Å².